The number of ether oxygens (including phenoxy) is 2. The molecule has 1 rings (SSSR count). The van der Waals surface area contributed by atoms with Crippen LogP contribution in [0.15, 0.2) is 12.1 Å². The van der Waals surface area contributed by atoms with E-state index in [9.17, 15) is 9.59 Å². The summed E-state index contributed by atoms with van der Waals surface area (Å²) in [6.07, 6.45) is 0.802. The highest BCUT2D eigenvalue weighted by molar-refractivity contribution is 6.32. The van der Waals surface area contributed by atoms with Gasteiger partial charge in [0.1, 0.15) is 6.04 Å². The standard InChI is InChI=1S/C16H22ClNO5/c1-5-6-23-14-11(17)7-10(8-12(14)22-4)15(19)18-13(9(2)3)16(20)21/h7-9,13H,5-6H2,1-4H3,(H,18,19)(H,20,21)/t13-/m1/s1. The molecule has 128 valence electrons. The Morgan fingerprint density at radius 3 is 2.48 bits per heavy atom. The SMILES string of the molecule is CCCOc1c(Cl)cc(C(=O)N[C@@H](C(=O)O)C(C)C)cc1OC. The van der Waals surface area contributed by atoms with Crippen LogP contribution in [-0.2, 0) is 4.79 Å². The van der Waals surface area contributed by atoms with Crippen LogP contribution in [0.5, 0.6) is 11.5 Å². The van der Waals surface area contributed by atoms with Crippen molar-refractivity contribution < 1.29 is 24.2 Å². The largest absolute Gasteiger partial charge is 0.493 e. The number of amides is 1. The van der Waals surface area contributed by atoms with Crippen molar-refractivity contribution in [1.82, 2.24) is 5.32 Å². The quantitative estimate of drug-likeness (QED) is 0.758. The monoisotopic (exact) mass is 343 g/mol. The van der Waals surface area contributed by atoms with E-state index in [1.165, 1.54) is 19.2 Å². The van der Waals surface area contributed by atoms with Crippen LogP contribution >= 0.6 is 11.6 Å². The first-order valence-corrected chi connectivity index (χ1v) is 7.73. The maximum atomic E-state index is 12.3. The van der Waals surface area contributed by atoms with Gasteiger partial charge in [-0.25, -0.2) is 4.79 Å². The lowest BCUT2D eigenvalue weighted by Crippen LogP contribution is -2.44. The van der Waals surface area contributed by atoms with E-state index in [-0.39, 0.29) is 16.5 Å². The van der Waals surface area contributed by atoms with E-state index in [2.05, 4.69) is 5.32 Å². The molecule has 0 spiro atoms. The molecule has 1 aromatic rings. The first kappa shape index (κ1) is 19.1. The number of methoxy groups -OCH3 is 1. The highest BCUT2D eigenvalue weighted by Crippen LogP contribution is 2.36. The van der Waals surface area contributed by atoms with Gasteiger partial charge in [0.25, 0.3) is 5.91 Å². The van der Waals surface area contributed by atoms with E-state index in [0.29, 0.717) is 18.1 Å². The van der Waals surface area contributed by atoms with E-state index in [0.717, 1.165) is 6.42 Å². The Hall–Kier alpha value is -1.95. The van der Waals surface area contributed by atoms with Gasteiger partial charge in [-0.05, 0) is 24.5 Å². The molecule has 7 heteroatoms. The third kappa shape index (κ3) is 5.03. The fraction of sp³-hybridized carbons (Fsp3) is 0.500. The van der Waals surface area contributed by atoms with Gasteiger partial charge in [-0.15, -0.1) is 0 Å². The maximum absolute atomic E-state index is 12.3. The lowest BCUT2D eigenvalue weighted by molar-refractivity contribution is -0.140. The number of aliphatic carboxylic acids is 1. The highest BCUT2D eigenvalue weighted by atomic mass is 35.5. The minimum absolute atomic E-state index is 0.211. The van der Waals surface area contributed by atoms with Crippen LogP contribution in [0.25, 0.3) is 0 Å². The van der Waals surface area contributed by atoms with E-state index in [1.807, 2.05) is 6.92 Å². The molecule has 6 nitrogen and oxygen atoms in total. The van der Waals surface area contributed by atoms with Crippen molar-refractivity contribution in [1.29, 1.82) is 0 Å². The molecule has 1 aromatic carbocycles. The van der Waals surface area contributed by atoms with E-state index >= 15 is 0 Å². The van der Waals surface area contributed by atoms with Gasteiger partial charge in [-0.2, -0.15) is 0 Å². The number of carboxylic acids is 1. The van der Waals surface area contributed by atoms with E-state index < -0.39 is 17.9 Å². The molecule has 0 aromatic heterocycles. The Morgan fingerprint density at radius 2 is 2.00 bits per heavy atom. The van der Waals surface area contributed by atoms with Crippen molar-refractivity contribution in [3.63, 3.8) is 0 Å². The molecule has 1 atom stereocenters. The molecule has 0 heterocycles. The molecule has 23 heavy (non-hydrogen) atoms. The summed E-state index contributed by atoms with van der Waals surface area (Å²) >= 11 is 6.15. The predicted molar refractivity (Wildman–Crippen MR) is 87.5 cm³/mol. The maximum Gasteiger partial charge on any atom is 0.326 e. The second-order valence-corrected chi connectivity index (χ2v) is 5.78. The smallest absolute Gasteiger partial charge is 0.326 e. The molecule has 2 N–H and O–H groups in total. The second kappa shape index (κ2) is 8.62. The number of hydrogen-bond acceptors (Lipinski definition) is 4. The van der Waals surface area contributed by atoms with Crippen LogP contribution in [0.3, 0.4) is 0 Å². The number of nitrogens with one attached hydrogen (secondary N) is 1. The summed E-state index contributed by atoms with van der Waals surface area (Å²) < 4.78 is 10.7. The average Bonchev–Trinajstić information content (AvgIpc) is 2.49. The van der Waals surface area contributed by atoms with Gasteiger partial charge in [0.2, 0.25) is 0 Å². The predicted octanol–water partition coefficient (Wildman–Crippen LogP) is 2.98. The van der Waals surface area contributed by atoms with Gasteiger partial charge in [-0.3, -0.25) is 4.79 Å². The normalized spacial score (nSPS) is 11.9. The zero-order valence-corrected chi connectivity index (χ0v) is 14.4. The summed E-state index contributed by atoms with van der Waals surface area (Å²) in [7, 11) is 1.44. The van der Waals surface area contributed by atoms with Crippen molar-refractivity contribution >= 4 is 23.5 Å². The van der Waals surface area contributed by atoms with Crippen molar-refractivity contribution in [2.45, 2.75) is 33.2 Å². The van der Waals surface area contributed by atoms with Crippen molar-refractivity contribution in [2.24, 2.45) is 5.92 Å². The molecule has 1 amide bonds. The molecule has 0 unspecified atom stereocenters. The molecule has 0 aliphatic rings. The molecular weight excluding hydrogens is 322 g/mol. The number of rotatable bonds is 8. The zero-order chi connectivity index (χ0) is 17.6. The Bertz CT molecular complexity index is 574. The summed E-state index contributed by atoms with van der Waals surface area (Å²) in [6.45, 7) is 5.86. The van der Waals surface area contributed by atoms with Gasteiger partial charge in [0, 0.05) is 5.56 Å². The number of carbonyl (C=O) groups is 2. The first-order valence-electron chi connectivity index (χ1n) is 7.35. The Labute approximate surface area is 140 Å². The second-order valence-electron chi connectivity index (χ2n) is 5.37. The van der Waals surface area contributed by atoms with Crippen molar-refractivity contribution in [3.05, 3.63) is 22.7 Å². The molecule has 0 aliphatic heterocycles. The van der Waals surface area contributed by atoms with Gasteiger partial charge in [-0.1, -0.05) is 32.4 Å². The number of hydrogen-bond donors (Lipinski definition) is 2. The van der Waals surface area contributed by atoms with E-state index in [1.54, 1.807) is 13.8 Å². The Balaban J connectivity index is 3.06. The van der Waals surface area contributed by atoms with Crippen molar-refractivity contribution in [3.8, 4) is 11.5 Å². The molecular formula is C16H22ClNO5. The number of benzene rings is 1. The fourth-order valence-corrected chi connectivity index (χ4v) is 2.20. The topological polar surface area (TPSA) is 84.9 Å². The van der Waals surface area contributed by atoms with Gasteiger partial charge < -0.3 is 19.9 Å². The van der Waals surface area contributed by atoms with Gasteiger partial charge >= 0.3 is 5.97 Å². The minimum Gasteiger partial charge on any atom is -0.493 e. The van der Waals surface area contributed by atoms with Crippen LogP contribution in [0.4, 0.5) is 0 Å². The summed E-state index contributed by atoms with van der Waals surface area (Å²) in [4.78, 5) is 23.5. The Kier molecular flexibility index (Phi) is 7.16. The summed E-state index contributed by atoms with van der Waals surface area (Å²) in [5.74, 6) is -1.18. The number of carbonyl (C=O) groups excluding carboxylic acids is 1. The van der Waals surface area contributed by atoms with E-state index in [4.69, 9.17) is 26.2 Å². The molecule has 0 fully saturated rings. The van der Waals surface area contributed by atoms with Crippen molar-refractivity contribution in [2.75, 3.05) is 13.7 Å². The van der Waals surface area contributed by atoms with Crippen LogP contribution in [0.1, 0.15) is 37.6 Å². The summed E-state index contributed by atoms with van der Waals surface area (Å²) in [6, 6.07) is 1.93. The molecule has 0 saturated heterocycles. The molecule has 0 radical (unpaired) electrons. The lowest BCUT2D eigenvalue weighted by atomic mass is 10.0. The molecule has 0 saturated carbocycles. The van der Waals surface area contributed by atoms with Gasteiger partial charge in [0.15, 0.2) is 11.5 Å². The van der Waals surface area contributed by atoms with Crippen LogP contribution in [0.2, 0.25) is 5.02 Å². The third-order valence-corrected chi connectivity index (χ3v) is 3.44. The van der Waals surface area contributed by atoms with Crippen LogP contribution in [-0.4, -0.2) is 36.7 Å². The van der Waals surface area contributed by atoms with Crippen LogP contribution < -0.4 is 14.8 Å². The molecule has 0 bridgehead atoms. The zero-order valence-electron chi connectivity index (χ0n) is 13.7. The molecule has 0 aliphatic carbocycles. The first-order chi connectivity index (χ1) is 10.8. The van der Waals surface area contributed by atoms with Gasteiger partial charge in [0.05, 0.1) is 18.7 Å². The average molecular weight is 344 g/mol. The lowest BCUT2D eigenvalue weighted by Gasteiger charge is -2.19. The third-order valence-electron chi connectivity index (χ3n) is 3.16. The minimum atomic E-state index is -1.09. The number of carboxylic acid groups (broad SMARTS) is 1. The summed E-state index contributed by atoms with van der Waals surface area (Å²) in [5.41, 5.74) is 0.211. The van der Waals surface area contributed by atoms with Crippen LogP contribution in [0, 0.1) is 5.92 Å². The Morgan fingerprint density at radius 1 is 1.35 bits per heavy atom. The highest BCUT2D eigenvalue weighted by Gasteiger charge is 2.25. The number of halogens is 1. The summed E-state index contributed by atoms with van der Waals surface area (Å²) in [5, 5.41) is 11.9. The fourth-order valence-electron chi connectivity index (χ4n) is 1.93.